The number of nitrogens with zero attached hydrogens (tertiary/aromatic N) is 1. The number of halogens is 3. The first-order valence-electron chi connectivity index (χ1n) is 7.85. The highest BCUT2D eigenvalue weighted by atomic mass is 35.5. The van der Waals surface area contributed by atoms with Crippen LogP contribution in [0, 0.1) is 5.82 Å². The summed E-state index contributed by atoms with van der Waals surface area (Å²) in [5.41, 5.74) is 0.410. The van der Waals surface area contributed by atoms with Crippen LogP contribution in [0.15, 0.2) is 41.3 Å². The van der Waals surface area contributed by atoms with E-state index in [4.69, 9.17) is 23.2 Å². The van der Waals surface area contributed by atoms with Gasteiger partial charge in [-0.1, -0.05) is 23.2 Å². The van der Waals surface area contributed by atoms with E-state index in [1.807, 2.05) is 0 Å². The number of benzene rings is 2. The van der Waals surface area contributed by atoms with Crippen LogP contribution in [0.5, 0.6) is 0 Å². The average Bonchev–Trinajstić information content (AvgIpc) is 3.14. The molecule has 0 unspecified atom stereocenters. The standard InChI is InChI=1S/C17H15Cl2FN2O3S/c18-13-5-3-11(9-16(13)26(24,25)22-7-1-2-8-22)17(23)21-12-4-6-15(20)14(19)10-12/h3-6,9-10H,1-2,7-8H2,(H,21,23). The van der Waals surface area contributed by atoms with Crippen molar-refractivity contribution in [3.8, 4) is 0 Å². The zero-order chi connectivity index (χ0) is 18.9. The number of hydrogen-bond donors (Lipinski definition) is 1. The molecule has 1 saturated heterocycles. The molecule has 0 radical (unpaired) electrons. The van der Waals surface area contributed by atoms with Crippen molar-refractivity contribution in [2.75, 3.05) is 18.4 Å². The third-order valence-electron chi connectivity index (χ3n) is 4.05. The number of carbonyl (C=O) groups is 1. The summed E-state index contributed by atoms with van der Waals surface area (Å²) in [7, 11) is -3.76. The molecule has 0 aromatic heterocycles. The summed E-state index contributed by atoms with van der Waals surface area (Å²) < 4.78 is 40.0. The Morgan fingerprint density at radius 2 is 1.73 bits per heavy atom. The molecular formula is C17H15Cl2FN2O3S. The van der Waals surface area contributed by atoms with Gasteiger partial charge in [0.25, 0.3) is 5.91 Å². The lowest BCUT2D eigenvalue weighted by atomic mass is 10.2. The quantitative estimate of drug-likeness (QED) is 0.812. The van der Waals surface area contributed by atoms with Crippen LogP contribution in [0.3, 0.4) is 0 Å². The van der Waals surface area contributed by atoms with Crippen molar-refractivity contribution >= 4 is 44.8 Å². The van der Waals surface area contributed by atoms with Gasteiger partial charge in [0.2, 0.25) is 10.0 Å². The maximum atomic E-state index is 13.2. The molecule has 138 valence electrons. The zero-order valence-corrected chi connectivity index (χ0v) is 15.8. The van der Waals surface area contributed by atoms with Gasteiger partial charge in [-0.25, -0.2) is 12.8 Å². The first kappa shape index (κ1) is 19.1. The summed E-state index contributed by atoms with van der Waals surface area (Å²) in [6.07, 6.45) is 1.59. The molecule has 9 heteroatoms. The number of carbonyl (C=O) groups excluding carboxylic acids is 1. The lowest BCUT2D eigenvalue weighted by Gasteiger charge is -2.17. The third kappa shape index (κ3) is 3.86. The fraction of sp³-hybridized carbons (Fsp3) is 0.235. The Morgan fingerprint density at radius 1 is 1.04 bits per heavy atom. The van der Waals surface area contributed by atoms with Crippen molar-refractivity contribution < 1.29 is 17.6 Å². The van der Waals surface area contributed by atoms with Crippen molar-refractivity contribution in [3.05, 3.63) is 57.8 Å². The molecule has 1 aliphatic heterocycles. The maximum Gasteiger partial charge on any atom is 0.255 e. The normalized spacial score (nSPS) is 15.2. The van der Waals surface area contributed by atoms with Crippen molar-refractivity contribution in [1.82, 2.24) is 4.31 Å². The number of hydrogen-bond acceptors (Lipinski definition) is 3. The minimum Gasteiger partial charge on any atom is -0.322 e. The Balaban J connectivity index is 1.89. The largest absolute Gasteiger partial charge is 0.322 e. The van der Waals surface area contributed by atoms with Crippen molar-refractivity contribution in [3.63, 3.8) is 0 Å². The molecule has 0 aliphatic carbocycles. The predicted octanol–water partition coefficient (Wildman–Crippen LogP) is 4.17. The molecule has 5 nitrogen and oxygen atoms in total. The van der Waals surface area contributed by atoms with Gasteiger partial charge in [0.1, 0.15) is 10.7 Å². The van der Waals surface area contributed by atoms with Gasteiger partial charge in [-0.05, 0) is 49.2 Å². The van der Waals surface area contributed by atoms with Crippen LogP contribution in [0.25, 0.3) is 0 Å². The minimum atomic E-state index is -3.76. The Hall–Kier alpha value is -1.67. The van der Waals surface area contributed by atoms with Crippen LogP contribution in [0.2, 0.25) is 10.0 Å². The van der Waals surface area contributed by atoms with Gasteiger partial charge in [-0.15, -0.1) is 0 Å². The van der Waals surface area contributed by atoms with E-state index in [1.165, 1.54) is 34.6 Å². The molecule has 1 heterocycles. The fourth-order valence-corrected chi connectivity index (χ4v) is 4.89. The topological polar surface area (TPSA) is 66.5 Å². The van der Waals surface area contributed by atoms with Gasteiger partial charge >= 0.3 is 0 Å². The Kier molecular flexibility index (Phi) is 5.53. The van der Waals surface area contributed by atoms with Crippen LogP contribution in [-0.2, 0) is 10.0 Å². The summed E-state index contributed by atoms with van der Waals surface area (Å²) in [6.45, 7) is 0.867. The first-order chi connectivity index (χ1) is 12.3. The summed E-state index contributed by atoms with van der Waals surface area (Å²) in [5, 5.41) is 2.48. The Labute approximate surface area is 160 Å². The van der Waals surface area contributed by atoms with Crippen LogP contribution in [-0.4, -0.2) is 31.7 Å². The Bertz CT molecular complexity index is 960. The minimum absolute atomic E-state index is 0.0540. The molecule has 3 rings (SSSR count). The zero-order valence-electron chi connectivity index (χ0n) is 13.5. The van der Waals surface area contributed by atoms with Crippen LogP contribution in [0.1, 0.15) is 23.2 Å². The van der Waals surface area contributed by atoms with E-state index < -0.39 is 21.7 Å². The molecule has 26 heavy (non-hydrogen) atoms. The Morgan fingerprint density at radius 3 is 2.38 bits per heavy atom. The summed E-state index contributed by atoms with van der Waals surface area (Å²) in [4.78, 5) is 12.3. The molecule has 0 atom stereocenters. The molecule has 1 fully saturated rings. The molecule has 0 saturated carbocycles. The molecule has 0 spiro atoms. The second-order valence-electron chi connectivity index (χ2n) is 5.84. The number of rotatable bonds is 4. The highest BCUT2D eigenvalue weighted by molar-refractivity contribution is 7.89. The van der Waals surface area contributed by atoms with Gasteiger partial charge < -0.3 is 5.32 Å². The molecule has 1 aliphatic rings. The SMILES string of the molecule is O=C(Nc1ccc(F)c(Cl)c1)c1ccc(Cl)c(S(=O)(=O)N2CCCC2)c1. The van der Waals surface area contributed by atoms with E-state index in [0.29, 0.717) is 18.8 Å². The second kappa shape index (κ2) is 7.52. The summed E-state index contributed by atoms with van der Waals surface area (Å²) in [5.74, 6) is -1.16. The first-order valence-corrected chi connectivity index (χ1v) is 10.0. The van der Waals surface area contributed by atoms with Crippen LogP contribution in [0.4, 0.5) is 10.1 Å². The molecule has 2 aromatic rings. The van der Waals surface area contributed by atoms with E-state index in [9.17, 15) is 17.6 Å². The lowest BCUT2D eigenvalue weighted by molar-refractivity contribution is 0.102. The van der Waals surface area contributed by atoms with E-state index in [0.717, 1.165) is 18.9 Å². The lowest BCUT2D eigenvalue weighted by Crippen LogP contribution is -2.28. The van der Waals surface area contributed by atoms with E-state index in [2.05, 4.69) is 5.32 Å². The van der Waals surface area contributed by atoms with Crippen LogP contribution < -0.4 is 5.32 Å². The number of nitrogens with one attached hydrogen (secondary N) is 1. The van der Waals surface area contributed by atoms with Crippen molar-refractivity contribution in [1.29, 1.82) is 0 Å². The summed E-state index contributed by atoms with van der Waals surface area (Å²) >= 11 is 11.8. The van der Waals surface area contributed by atoms with Crippen molar-refractivity contribution in [2.45, 2.75) is 17.7 Å². The maximum absolute atomic E-state index is 13.2. The van der Waals surface area contributed by atoms with Gasteiger partial charge in [0.15, 0.2) is 0 Å². The third-order valence-corrected chi connectivity index (χ3v) is 6.72. The smallest absolute Gasteiger partial charge is 0.255 e. The van der Waals surface area contributed by atoms with E-state index >= 15 is 0 Å². The number of anilines is 1. The fourth-order valence-electron chi connectivity index (χ4n) is 2.69. The number of amides is 1. The van der Waals surface area contributed by atoms with Gasteiger partial charge in [0, 0.05) is 24.3 Å². The monoisotopic (exact) mass is 416 g/mol. The molecule has 1 N–H and O–H groups in total. The summed E-state index contributed by atoms with van der Waals surface area (Å²) in [6, 6.07) is 7.80. The second-order valence-corrected chi connectivity index (χ2v) is 8.56. The molecular weight excluding hydrogens is 402 g/mol. The van der Waals surface area contributed by atoms with Gasteiger partial charge in [0.05, 0.1) is 10.0 Å². The van der Waals surface area contributed by atoms with E-state index in [1.54, 1.807) is 0 Å². The predicted molar refractivity (Wildman–Crippen MR) is 98.8 cm³/mol. The molecule has 0 bridgehead atoms. The number of sulfonamides is 1. The van der Waals surface area contributed by atoms with Gasteiger partial charge in [-0.2, -0.15) is 4.31 Å². The van der Waals surface area contributed by atoms with E-state index in [-0.39, 0.29) is 20.5 Å². The molecule has 2 aromatic carbocycles. The molecule has 1 amide bonds. The van der Waals surface area contributed by atoms with Gasteiger partial charge in [-0.3, -0.25) is 4.79 Å². The van der Waals surface area contributed by atoms with Crippen molar-refractivity contribution in [2.24, 2.45) is 0 Å². The highest BCUT2D eigenvalue weighted by Gasteiger charge is 2.29. The van der Waals surface area contributed by atoms with Crippen LogP contribution >= 0.6 is 23.2 Å². The highest BCUT2D eigenvalue weighted by Crippen LogP contribution is 2.28. The average molecular weight is 417 g/mol.